The van der Waals surface area contributed by atoms with E-state index in [-0.39, 0.29) is 5.56 Å². The minimum atomic E-state index is -1.08. The zero-order valence-corrected chi connectivity index (χ0v) is 17.3. The van der Waals surface area contributed by atoms with Gasteiger partial charge in [0.2, 0.25) is 0 Å². The van der Waals surface area contributed by atoms with Crippen LogP contribution in [0.1, 0.15) is 22.8 Å². The molecule has 2 N–H and O–H groups in total. The second kappa shape index (κ2) is 8.84. The molecule has 1 aromatic heterocycles. The summed E-state index contributed by atoms with van der Waals surface area (Å²) in [5.41, 5.74) is 3.22. The van der Waals surface area contributed by atoms with Crippen LogP contribution in [0.3, 0.4) is 0 Å². The second-order valence-electron chi connectivity index (χ2n) is 5.82. The zero-order valence-electron chi connectivity index (χ0n) is 14.9. The highest BCUT2D eigenvalue weighted by atomic mass is 32.2. The van der Waals surface area contributed by atoms with Gasteiger partial charge >= 0.3 is 5.97 Å². The third kappa shape index (κ3) is 4.68. The van der Waals surface area contributed by atoms with Crippen LogP contribution in [-0.2, 0) is 17.6 Å². The standard InChI is InChI=1S/C20H19NO3S3/c1-3-13-6-7-14(20(22)23)11-19(13)26-21-17-12-15(27(2)24)8-9-16(17)18-5-4-10-25-18/h4-12,21H,3H2,1-2H3,(H,22,23). The smallest absolute Gasteiger partial charge is 0.335 e. The highest BCUT2D eigenvalue weighted by molar-refractivity contribution is 8.00. The number of thiophene rings is 1. The topological polar surface area (TPSA) is 72.4 Å². The highest BCUT2D eigenvalue weighted by Crippen LogP contribution is 2.36. The summed E-state index contributed by atoms with van der Waals surface area (Å²) in [6.45, 7) is 2.04. The minimum Gasteiger partial charge on any atom is -0.612 e. The van der Waals surface area contributed by atoms with Gasteiger partial charge in [0, 0.05) is 21.4 Å². The third-order valence-corrected chi connectivity index (χ3v) is 6.82. The van der Waals surface area contributed by atoms with Gasteiger partial charge in [-0.15, -0.1) is 11.3 Å². The number of nitrogens with one attached hydrogen (secondary N) is 1. The van der Waals surface area contributed by atoms with Crippen LogP contribution < -0.4 is 4.72 Å². The number of aromatic carboxylic acids is 1. The van der Waals surface area contributed by atoms with Gasteiger partial charge in [-0.05, 0) is 70.8 Å². The largest absolute Gasteiger partial charge is 0.612 e. The number of hydrogen-bond acceptors (Lipinski definition) is 5. The molecule has 0 spiro atoms. The van der Waals surface area contributed by atoms with Crippen LogP contribution in [0, 0.1) is 0 Å². The summed E-state index contributed by atoms with van der Waals surface area (Å²) >= 11 is 1.94. The van der Waals surface area contributed by atoms with Crippen molar-refractivity contribution in [2.45, 2.75) is 23.1 Å². The molecule has 7 heteroatoms. The lowest BCUT2D eigenvalue weighted by Gasteiger charge is -2.14. The molecule has 0 radical (unpaired) electrons. The molecule has 2 aromatic carbocycles. The van der Waals surface area contributed by atoms with Crippen molar-refractivity contribution in [3.05, 3.63) is 65.0 Å². The molecular weight excluding hydrogens is 398 g/mol. The number of benzene rings is 2. The summed E-state index contributed by atoms with van der Waals surface area (Å²) in [6.07, 6.45) is 2.46. The molecule has 1 atom stereocenters. The number of anilines is 1. The summed E-state index contributed by atoms with van der Waals surface area (Å²) in [4.78, 5) is 14.0. The van der Waals surface area contributed by atoms with E-state index in [4.69, 9.17) is 0 Å². The Balaban J connectivity index is 1.94. The number of aryl methyl sites for hydroxylation is 1. The zero-order chi connectivity index (χ0) is 19.4. The van der Waals surface area contributed by atoms with Gasteiger partial charge in [-0.1, -0.05) is 19.1 Å². The predicted octanol–water partition coefficient (Wildman–Crippen LogP) is 5.53. The maximum Gasteiger partial charge on any atom is 0.335 e. The first-order chi connectivity index (χ1) is 13.0. The van der Waals surface area contributed by atoms with Gasteiger partial charge in [-0.25, -0.2) is 4.79 Å². The van der Waals surface area contributed by atoms with Gasteiger partial charge in [0.05, 0.1) is 11.3 Å². The summed E-state index contributed by atoms with van der Waals surface area (Å²) in [7, 11) is 0. The lowest BCUT2D eigenvalue weighted by atomic mass is 10.1. The van der Waals surface area contributed by atoms with Crippen LogP contribution in [-0.4, -0.2) is 21.9 Å². The number of carboxylic acid groups (broad SMARTS) is 1. The molecular formula is C20H19NO3S3. The molecule has 0 aliphatic rings. The van der Waals surface area contributed by atoms with Crippen LogP contribution in [0.5, 0.6) is 0 Å². The molecule has 4 nitrogen and oxygen atoms in total. The van der Waals surface area contributed by atoms with Crippen LogP contribution >= 0.6 is 23.3 Å². The summed E-state index contributed by atoms with van der Waals surface area (Å²) in [5, 5.41) is 11.3. The van der Waals surface area contributed by atoms with Crippen molar-refractivity contribution >= 4 is 46.1 Å². The fraction of sp³-hybridized carbons (Fsp3) is 0.150. The molecule has 0 aliphatic heterocycles. The average molecular weight is 418 g/mol. The number of hydrogen-bond donors (Lipinski definition) is 2. The minimum absolute atomic E-state index is 0.262. The maximum absolute atomic E-state index is 11.9. The van der Waals surface area contributed by atoms with Crippen molar-refractivity contribution in [3.8, 4) is 10.4 Å². The molecule has 3 aromatic rings. The molecule has 1 heterocycles. The van der Waals surface area contributed by atoms with Gasteiger partial charge in [0.15, 0.2) is 4.90 Å². The van der Waals surface area contributed by atoms with E-state index in [1.165, 1.54) is 11.9 Å². The molecule has 27 heavy (non-hydrogen) atoms. The van der Waals surface area contributed by atoms with Crippen molar-refractivity contribution < 1.29 is 14.5 Å². The highest BCUT2D eigenvalue weighted by Gasteiger charge is 2.14. The number of carboxylic acids is 1. The van der Waals surface area contributed by atoms with E-state index >= 15 is 0 Å². The predicted molar refractivity (Wildman–Crippen MR) is 114 cm³/mol. The second-order valence-corrected chi connectivity index (χ2v) is 9.00. The van der Waals surface area contributed by atoms with E-state index in [1.54, 1.807) is 29.7 Å². The van der Waals surface area contributed by atoms with Crippen LogP contribution in [0.4, 0.5) is 5.69 Å². The molecule has 0 amide bonds. The summed E-state index contributed by atoms with van der Waals surface area (Å²) in [5.74, 6) is -0.942. The number of carbonyl (C=O) groups is 1. The van der Waals surface area contributed by atoms with Gasteiger partial charge in [-0.3, -0.25) is 0 Å². The lowest BCUT2D eigenvalue weighted by molar-refractivity contribution is 0.0696. The van der Waals surface area contributed by atoms with Crippen LogP contribution in [0.25, 0.3) is 10.4 Å². The first-order valence-electron chi connectivity index (χ1n) is 8.30. The fourth-order valence-corrected chi connectivity index (χ4v) is 4.85. The Hall–Kier alpha value is -1.93. The first-order valence-corrected chi connectivity index (χ1v) is 11.6. The molecule has 0 bridgehead atoms. The Morgan fingerprint density at radius 2 is 2.07 bits per heavy atom. The average Bonchev–Trinajstić information content (AvgIpc) is 3.20. The Bertz CT molecular complexity index is 940. The molecule has 0 saturated carbocycles. The Kier molecular flexibility index (Phi) is 6.49. The van der Waals surface area contributed by atoms with Crippen LogP contribution in [0.2, 0.25) is 0 Å². The van der Waals surface area contributed by atoms with Crippen molar-refractivity contribution in [1.29, 1.82) is 0 Å². The quantitative estimate of drug-likeness (QED) is 0.390. The summed E-state index contributed by atoms with van der Waals surface area (Å²) < 4.78 is 15.3. The monoisotopic (exact) mass is 417 g/mol. The molecule has 3 rings (SSSR count). The fourth-order valence-electron chi connectivity index (χ4n) is 2.62. The van der Waals surface area contributed by atoms with Crippen molar-refractivity contribution in [2.24, 2.45) is 0 Å². The maximum atomic E-state index is 11.9. The van der Waals surface area contributed by atoms with Gasteiger partial charge in [-0.2, -0.15) is 0 Å². The van der Waals surface area contributed by atoms with Crippen LogP contribution in [0.15, 0.2) is 63.7 Å². The van der Waals surface area contributed by atoms with Gasteiger partial charge in [0.1, 0.15) is 6.26 Å². The summed E-state index contributed by atoms with van der Waals surface area (Å²) in [6, 6.07) is 14.9. The van der Waals surface area contributed by atoms with Crippen molar-refractivity contribution in [2.75, 3.05) is 11.0 Å². The SMILES string of the molecule is CCc1ccc(C(=O)O)cc1SNc1cc([S+](C)[O-])ccc1-c1cccs1. The molecule has 0 saturated heterocycles. The Morgan fingerprint density at radius 3 is 2.70 bits per heavy atom. The van der Waals surface area contributed by atoms with E-state index in [0.717, 1.165) is 37.9 Å². The van der Waals surface area contributed by atoms with Gasteiger partial charge in [0.25, 0.3) is 0 Å². The molecule has 0 fully saturated rings. The van der Waals surface area contributed by atoms with Gasteiger partial charge < -0.3 is 14.4 Å². The number of rotatable bonds is 7. The van der Waals surface area contributed by atoms with Crippen molar-refractivity contribution in [1.82, 2.24) is 0 Å². The normalized spacial score (nSPS) is 12.0. The van der Waals surface area contributed by atoms with E-state index < -0.39 is 17.1 Å². The first kappa shape index (κ1) is 19.8. The lowest BCUT2D eigenvalue weighted by Crippen LogP contribution is -2.01. The van der Waals surface area contributed by atoms with E-state index in [1.807, 2.05) is 48.7 Å². The molecule has 1 unspecified atom stereocenters. The molecule has 0 aliphatic carbocycles. The van der Waals surface area contributed by atoms with E-state index in [0.29, 0.717) is 0 Å². The van der Waals surface area contributed by atoms with E-state index in [9.17, 15) is 14.5 Å². The Morgan fingerprint density at radius 1 is 1.26 bits per heavy atom. The third-order valence-electron chi connectivity index (χ3n) is 4.08. The van der Waals surface area contributed by atoms with E-state index in [2.05, 4.69) is 4.72 Å². The van der Waals surface area contributed by atoms with Crippen molar-refractivity contribution in [3.63, 3.8) is 0 Å². The molecule has 140 valence electrons. The Labute approximate surface area is 170 Å².